The summed E-state index contributed by atoms with van der Waals surface area (Å²) in [6.45, 7) is 0.977. The molecule has 1 amide bonds. The number of likely N-dealkylation sites (tertiary alicyclic amines) is 1. The molecule has 1 aromatic carbocycles. The Morgan fingerprint density at radius 1 is 0.962 bits per heavy atom. The third-order valence-corrected chi connectivity index (χ3v) is 6.86. The van der Waals surface area contributed by atoms with E-state index in [2.05, 4.69) is 0 Å². The van der Waals surface area contributed by atoms with Crippen molar-refractivity contribution in [1.29, 1.82) is 0 Å². The number of nitrogens with zero attached hydrogens (tertiary/aromatic N) is 2. The molecule has 2 aliphatic heterocycles. The summed E-state index contributed by atoms with van der Waals surface area (Å²) in [5.41, 5.74) is 0.0709. The Hall–Kier alpha value is -1.61. The van der Waals surface area contributed by atoms with E-state index in [-0.39, 0.29) is 23.4 Å². The number of sulfonamides is 1. The van der Waals surface area contributed by atoms with E-state index in [4.69, 9.17) is 0 Å². The first kappa shape index (κ1) is 19.2. The van der Waals surface area contributed by atoms with Crippen LogP contribution in [-0.4, -0.2) is 55.4 Å². The van der Waals surface area contributed by atoms with Crippen molar-refractivity contribution in [2.75, 3.05) is 19.6 Å². The van der Waals surface area contributed by atoms with Crippen molar-refractivity contribution in [2.24, 2.45) is 0 Å². The lowest BCUT2D eigenvalue weighted by Crippen LogP contribution is -2.51. The number of hydrogen-bond donors (Lipinski definition) is 0. The third-order valence-electron chi connectivity index (χ3n) is 4.95. The number of halogens is 3. The minimum absolute atomic E-state index is 0.0524. The molecule has 0 aliphatic carbocycles. The van der Waals surface area contributed by atoms with Crippen LogP contribution in [0.2, 0.25) is 0 Å². The van der Waals surface area contributed by atoms with Crippen LogP contribution in [0.15, 0.2) is 29.2 Å². The van der Waals surface area contributed by atoms with Gasteiger partial charge in [0.05, 0.1) is 4.90 Å². The van der Waals surface area contributed by atoms with Gasteiger partial charge in [-0.05, 0) is 56.4 Å². The molecular weight excluding hydrogens is 369 g/mol. The van der Waals surface area contributed by atoms with Crippen LogP contribution in [-0.2, 0) is 10.0 Å². The van der Waals surface area contributed by atoms with Gasteiger partial charge in [0.1, 0.15) is 6.04 Å². The zero-order valence-electron chi connectivity index (χ0n) is 14.2. The number of amides is 1. The van der Waals surface area contributed by atoms with E-state index in [1.165, 1.54) is 28.6 Å². The second-order valence-electron chi connectivity index (χ2n) is 6.69. The SMILES string of the molecule is O=C(c1ccc(S(=O)(=O)N2CCCC2)cc1)N1CCCCC1C(F)(F)F. The molecule has 0 aromatic heterocycles. The summed E-state index contributed by atoms with van der Waals surface area (Å²) in [5, 5.41) is 0. The van der Waals surface area contributed by atoms with Gasteiger partial charge in [-0.1, -0.05) is 0 Å². The lowest BCUT2D eigenvalue weighted by molar-refractivity contribution is -0.183. The molecule has 0 radical (unpaired) electrons. The first-order chi connectivity index (χ1) is 12.2. The molecule has 0 bridgehead atoms. The number of piperidine rings is 1. The van der Waals surface area contributed by atoms with Crippen molar-refractivity contribution in [3.05, 3.63) is 29.8 Å². The summed E-state index contributed by atoms with van der Waals surface area (Å²) in [6, 6.07) is 3.42. The summed E-state index contributed by atoms with van der Waals surface area (Å²) in [4.78, 5) is 13.5. The molecule has 0 saturated carbocycles. The highest BCUT2D eigenvalue weighted by atomic mass is 32.2. The van der Waals surface area contributed by atoms with Crippen molar-refractivity contribution in [3.8, 4) is 0 Å². The van der Waals surface area contributed by atoms with Crippen molar-refractivity contribution in [2.45, 2.75) is 49.2 Å². The van der Waals surface area contributed by atoms with Crippen molar-refractivity contribution < 1.29 is 26.4 Å². The maximum atomic E-state index is 13.2. The first-order valence-electron chi connectivity index (χ1n) is 8.69. The normalized spacial score (nSPS) is 22.6. The monoisotopic (exact) mass is 390 g/mol. The Morgan fingerprint density at radius 3 is 2.12 bits per heavy atom. The van der Waals surface area contributed by atoms with Gasteiger partial charge >= 0.3 is 6.18 Å². The average molecular weight is 390 g/mol. The van der Waals surface area contributed by atoms with Crippen LogP contribution in [0, 0.1) is 0 Å². The van der Waals surface area contributed by atoms with Gasteiger partial charge < -0.3 is 4.90 Å². The van der Waals surface area contributed by atoms with Crippen molar-refractivity contribution >= 4 is 15.9 Å². The average Bonchev–Trinajstić information content (AvgIpc) is 3.16. The molecule has 1 unspecified atom stereocenters. The summed E-state index contributed by atoms with van der Waals surface area (Å²) in [6.07, 6.45) is -1.99. The Labute approximate surface area is 150 Å². The molecule has 5 nitrogen and oxygen atoms in total. The Kier molecular flexibility index (Phi) is 5.30. The molecule has 3 rings (SSSR count). The molecule has 1 aromatic rings. The molecule has 0 spiro atoms. The summed E-state index contributed by atoms with van der Waals surface area (Å²) >= 11 is 0. The predicted molar refractivity (Wildman–Crippen MR) is 89.2 cm³/mol. The topological polar surface area (TPSA) is 57.7 Å². The van der Waals surface area contributed by atoms with Crippen LogP contribution in [0.5, 0.6) is 0 Å². The van der Waals surface area contributed by atoms with Gasteiger partial charge in [0.2, 0.25) is 10.0 Å². The summed E-state index contributed by atoms with van der Waals surface area (Å²) < 4.78 is 65.9. The maximum absolute atomic E-state index is 13.2. The zero-order chi connectivity index (χ0) is 18.9. The van der Waals surface area contributed by atoms with Gasteiger partial charge in [0, 0.05) is 25.2 Å². The molecule has 26 heavy (non-hydrogen) atoms. The van der Waals surface area contributed by atoms with Crippen LogP contribution in [0.3, 0.4) is 0 Å². The number of hydrogen-bond acceptors (Lipinski definition) is 3. The van der Waals surface area contributed by atoms with E-state index in [0.29, 0.717) is 25.9 Å². The van der Waals surface area contributed by atoms with E-state index in [1.54, 1.807) is 0 Å². The van der Waals surface area contributed by atoms with E-state index >= 15 is 0 Å². The van der Waals surface area contributed by atoms with Crippen LogP contribution < -0.4 is 0 Å². The third kappa shape index (κ3) is 3.73. The lowest BCUT2D eigenvalue weighted by Gasteiger charge is -2.36. The summed E-state index contributed by atoms with van der Waals surface area (Å²) in [7, 11) is -3.61. The molecule has 2 fully saturated rings. The zero-order valence-corrected chi connectivity index (χ0v) is 15.0. The van der Waals surface area contributed by atoms with Gasteiger partial charge in [-0.15, -0.1) is 0 Å². The molecule has 144 valence electrons. The van der Waals surface area contributed by atoms with Gasteiger partial charge in [-0.25, -0.2) is 8.42 Å². The standard InChI is InChI=1S/C17H21F3N2O3S/c18-17(19,20)15-5-1-2-12-22(15)16(23)13-6-8-14(9-7-13)26(24,25)21-10-3-4-11-21/h6-9,15H,1-5,10-12H2. The first-order valence-corrected chi connectivity index (χ1v) is 10.1. The van der Waals surface area contributed by atoms with E-state index < -0.39 is 28.1 Å². The minimum atomic E-state index is -4.46. The van der Waals surface area contributed by atoms with Crippen molar-refractivity contribution in [3.63, 3.8) is 0 Å². The smallest absolute Gasteiger partial charge is 0.327 e. The fraction of sp³-hybridized carbons (Fsp3) is 0.588. The highest BCUT2D eigenvalue weighted by Crippen LogP contribution is 2.33. The molecular formula is C17H21F3N2O3S. The van der Waals surface area contributed by atoms with Crippen LogP contribution >= 0.6 is 0 Å². The highest BCUT2D eigenvalue weighted by Gasteiger charge is 2.46. The molecule has 2 heterocycles. The molecule has 0 N–H and O–H groups in total. The van der Waals surface area contributed by atoms with Crippen LogP contribution in [0.25, 0.3) is 0 Å². The quantitative estimate of drug-likeness (QED) is 0.797. The molecule has 9 heteroatoms. The number of carbonyl (C=O) groups excluding carboxylic acids is 1. The fourth-order valence-electron chi connectivity index (χ4n) is 3.53. The van der Waals surface area contributed by atoms with Gasteiger partial charge in [-0.3, -0.25) is 4.79 Å². The minimum Gasteiger partial charge on any atom is -0.327 e. The van der Waals surface area contributed by atoms with Gasteiger partial charge in [-0.2, -0.15) is 17.5 Å². The largest absolute Gasteiger partial charge is 0.408 e. The molecule has 1 atom stereocenters. The second-order valence-corrected chi connectivity index (χ2v) is 8.63. The van der Waals surface area contributed by atoms with Crippen molar-refractivity contribution in [1.82, 2.24) is 9.21 Å². The van der Waals surface area contributed by atoms with E-state index in [9.17, 15) is 26.4 Å². The van der Waals surface area contributed by atoms with Gasteiger partial charge in [0.15, 0.2) is 0 Å². The predicted octanol–water partition coefficient (Wildman–Crippen LogP) is 3.03. The summed E-state index contributed by atoms with van der Waals surface area (Å²) in [5.74, 6) is -0.711. The number of benzene rings is 1. The molecule has 2 saturated heterocycles. The number of carbonyl (C=O) groups is 1. The Morgan fingerprint density at radius 2 is 1.54 bits per heavy atom. The van der Waals surface area contributed by atoms with Gasteiger partial charge in [0.25, 0.3) is 5.91 Å². The maximum Gasteiger partial charge on any atom is 0.408 e. The Balaban J connectivity index is 1.80. The Bertz CT molecular complexity index is 756. The van der Waals surface area contributed by atoms with Crippen LogP contribution in [0.4, 0.5) is 13.2 Å². The number of alkyl halides is 3. The lowest BCUT2D eigenvalue weighted by atomic mass is 10.0. The number of rotatable bonds is 3. The highest BCUT2D eigenvalue weighted by molar-refractivity contribution is 7.89. The van der Waals surface area contributed by atoms with E-state index in [1.807, 2.05) is 0 Å². The fourth-order valence-corrected chi connectivity index (χ4v) is 5.04. The molecule has 2 aliphatic rings. The van der Waals surface area contributed by atoms with Crippen LogP contribution in [0.1, 0.15) is 42.5 Å². The second kappa shape index (κ2) is 7.19. The van der Waals surface area contributed by atoms with E-state index in [0.717, 1.165) is 17.7 Å².